The zero-order valence-corrected chi connectivity index (χ0v) is 10.9. The minimum atomic E-state index is -0.915. The summed E-state index contributed by atoms with van der Waals surface area (Å²) in [5, 5.41) is 11.6. The molecule has 3 amide bonds. The second-order valence-electron chi connectivity index (χ2n) is 4.11. The number of aliphatic hydroxyl groups excluding tert-OH is 1. The molecule has 104 valence electrons. The summed E-state index contributed by atoms with van der Waals surface area (Å²) in [4.78, 5) is 21.9. The summed E-state index contributed by atoms with van der Waals surface area (Å²) in [7, 11) is 0. The minimum Gasteiger partial charge on any atom is -0.481 e. The van der Waals surface area contributed by atoms with Crippen LogP contribution in [0.3, 0.4) is 0 Å². The number of amides is 3. The van der Waals surface area contributed by atoms with Crippen LogP contribution in [0.15, 0.2) is 24.3 Å². The van der Waals surface area contributed by atoms with E-state index in [0.29, 0.717) is 12.2 Å². The quantitative estimate of drug-likeness (QED) is 0.742. The fraction of sp³-hybridized carbons (Fsp3) is 0.385. The van der Waals surface area contributed by atoms with Crippen LogP contribution >= 0.6 is 0 Å². The molecule has 1 rings (SSSR count). The summed E-state index contributed by atoms with van der Waals surface area (Å²) in [5.41, 5.74) is 5.62. The Morgan fingerprint density at radius 3 is 2.42 bits per heavy atom. The molecular weight excluding hydrogens is 248 g/mol. The number of hydrogen-bond donors (Lipinski definition) is 3. The first-order valence-electron chi connectivity index (χ1n) is 5.99. The third-order valence-corrected chi connectivity index (χ3v) is 2.58. The van der Waals surface area contributed by atoms with Crippen molar-refractivity contribution in [1.82, 2.24) is 5.32 Å². The summed E-state index contributed by atoms with van der Waals surface area (Å²) in [6, 6.07) is 5.84. The first kappa shape index (κ1) is 15.0. The van der Waals surface area contributed by atoms with Crippen LogP contribution in [0, 0.1) is 0 Å². The van der Waals surface area contributed by atoms with E-state index in [1.54, 1.807) is 24.3 Å². The minimum absolute atomic E-state index is 0.471. The van der Waals surface area contributed by atoms with Gasteiger partial charge in [-0.25, -0.2) is 4.79 Å². The van der Waals surface area contributed by atoms with Crippen molar-refractivity contribution in [1.29, 1.82) is 0 Å². The van der Waals surface area contributed by atoms with Crippen LogP contribution in [0.4, 0.5) is 4.79 Å². The van der Waals surface area contributed by atoms with Crippen molar-refractivity contribution in [3.05, 3.63) is 29.8 Å². The van der Waals surface area contributed by atoms with Crippen molar-refractivity contribution in [2.45, 2.75) is 32.5 Å². The highest BCUT2D eigenvalue weighted by Gasteiger charge is 2.16. The van der Waals surface area contributed by atoms with E-state index < -0.39 is 24.1 Å². The van der Waals surface area contributed by atoms with Crippen LogP contribution in [-0.2, 0) is 4.79 Å². The smallest absolute Gasteiger partial charge is 0.318 e. The highest BCUT2D eigenvalue weighted by molar-refractivity contribution is 5.95. The standard InChI is InChI=1S/C13H18N2O4/c1-3-11(16)9-4-6-10(7-5-9)19-8(2)12(17)15-13(14)18/h4-8,11,16H,3H2,1-2H3,(H3,14,15,17,18)/t8?,11-/m1/s1. The van der Waals surface area contributed by atoms with Gasteiger partial charge in [-0.2, -0.15) is 0 Å². The number of imide groups is 1. The molecule has 1 aromatic rings. The highest BCUT2D eigenvalue weighted by atomic mass is 16.5. The first-order valence-corrected chi connectivity index (χ1v) is 5.99. The molecule has 0 fully saturated rings. The molecule has 0 bridgehead atoms. The molecule has 0 aliphatic heterocycles. The third kappa shape index (κ3) is 4.59. The number of rotatable bonds is 5. The van der Waals surface area contributed by atoms with Gasteiger partial charge in [0, 0.05) is 0 Å². The van der Waals surface area contributed by atoms with Gasteiger partial charge in [0.15, 0.2) is 6.10 Å². The maximum atomic E-state index is 11.4. The predicted molar refractivity (Wildman–Crippen MR) is 69.5 cm³/mol. The molecule has 0 spiro atoms. The van der Waals surface area contributed by atoms with Gasteiger partial charge in [0.2, 0.25) is 0 Å². The van der Waals surface area contributed by atoms with E-state index in [1.807, 2.05) is 12.2 Å². The lowest BCUT2D eigenvalue weighted by Crippen LogP contribution is -2.42. The number of carbonyl (C=O) groups excluding carboxylic acids is 2. The van der Waals surface area contributed by atoms with Gasteiger partial charge in [0.1, 0.15) is 5.75 Å². The maximum Gasteiger partial charge on any atom is 0.318 e. The Kier molecular flexibility index (Phi) is 5.32. The fourth-order valence-electron chi connectivity index (χ4n) is 1.48. The molecule has 1 unspecified atom stereocenters. The van der Waals surface area contributed by atoms with Crippen molar-refractivity contribution in [2.75, 3.05) is 0 Å². The molecule has 6 nitrogen and oxygen atoms in total. The molecule has 1 aromatic carbocycles. The number of benzene rings is 1. The van der Waals surface area contributed by atoms with E-state index in [4.69, 9.17) is 10.5 Å². The second kappa shape index (κ2) is 6.75. The zero-order chi connectivity index (χ0) is 14.4. The first-order chi connectivity index (χ1) is 8.93. The Labute approximate surface area is 111 Å². The summed E-state index contributed by atoms with van der Waals surface area (Å²) < 4.78 is 5.34. The van der Waals surface area contributed by atoms with E-state index in [-0.39, 0.29) is 0 Å². The average molecular weight is 266 g/mol. The number of nitrogens with two attached hydrogens (primary N) is 1. The van der Waals surface area contributed by atoms with Crippen molar-refractivity contribution in [3.63, 3.8) is 0 Å². The van der Waals surface area contributed by atoms with Gasteiger partial charge in [-0.05, 0) is 31.0 Å². The maximum absolute atomic E-state index is 11.4. The van der Waals surface area contributed by atoms with Crippen LogP contribution in [0.5, 0.6) is 5.75 Å². The van der Waals surface area contributed by atoms with Crippen molar-refractivity contribution >= 4 is 11.9 Å². The number of ether oxygens (including phenoxy) is 1. The number of aliphatic hydroxyl groups is 1. The molecular formula is C13H18N2O4. The lowest BCUT2D eigenvalue weighted by Gasteiger charge is -2.14. The second-order valence-corrected chi connectivity index (χ2v) is 4.11. The molecule has 0 aliphatic rings. The van der Waals surface area contributed by atoms with Gasteiger partial charge in [0.25, 0.3) is 5.91 Å². The highest BCUT2D eigenvalue weighted by Crippen LogP contribution is 2.20. The van der Waals surface area contributed by atoms with Gasteiger partial charge in [-0.3, -0.25) is 10.1 Å². The molecule has 4 N–H and O–H groups in total. The number of nitrogens with one attached hydrogen (secondary N) is 1. The summed E-state index contributed by atoms with van der Waals surface area (Å²) in [6.07, 6.45) is -0.725. The fourth-order valence-corrected chi connectivity index (χ4v) is 1.48. The van der Waals surface area contributed by atoms with Gasteiger partial charge in [-0.1, -0.05) is 19.1 Å². The Balaban J connectivity index is 2.62. The van der Waals surface area contributed by atoms with Gasteiger partial charge in [-0.15, -0.1) is 0 Å². The molecule has 0 radical (unpaired) electrons. The molecule has 19 heavy (non-hydrogen) atoms. The van der Waals surface area contributed by atoms with Gasteiger partial charge >= 0.3 is 6.03 Å². The third-order valence-electron chi connectivity index (χ3n) is 2.58. The number of carbonyl (C=O) groups is 2. The molecule has 0 heterocycles. The molecule has 0 aliphatic carbocycles. The van der Waals surface area contributed by atoms with Crippen LogP contribution in [-0.4, -0.2) is 23.1 Å². The van der Waals surface area contributed by atoms with Crippen molar-refractivity contribution in [2.24, 2.45) is 5.73 Å². The lowest BCUT2D eigenvalue weighted by atomic mass is 10.1. The van der Waals surface area contributed by atoms with Crippen LogP contribution in [0.25, 0.3) is 0 Å². The van der Waals surface area contributed by atoms with Gasteiger partial charge < -0.3 is 15.6 Å². The normalized spacial score (nSPS) is 13.4. The van der Waals surface area contributed by atoms with E-state index in [2.05, 4.69) is 0 Å². The van der Waals surface area contributed by atoms with Crippen molar-refractivity contribution < 1.29 is 19.4 Å². The SMILES string of the molecule is CC[C@@H](O)c1ccc(OC(C)C(=O)NC(N)=O)cc1. The van der Waals surface area contributed by atoms with E-state index >= 15 is 0 Å². The molecule has 0 aromatic heterocycles. The molecule has 6 heteroatoms. The van der Waals surface area contributed by atoms with Crippen LogP contribution in [0.2, 0.25) is 0 Å². The largest absolute Gasteiger partial charge is 0.481 e. The Morgan fingerprint density at radius 2 is 1.95 bits per heavy atom. The predicted octanol–water partition coefficient (Wildman–Crippen LogP) is 1.09. The number of hydrogen-bond acceptors (Lipinski definition) is 4. The molecule has 0 saturated carbocycles. The molecule has 2 atom stereocenters. The van der Waals surface area contributed by atoms with E-state index in [9.17, 15) is 14.7 Å². The monoisotopic (exact) mass is 266 g/mol. The zero-order valence-electron chi connectivity index (χ0n) is 10.9. The summed E-state index contributed by atoms with van der Waals surface area (Å²) in [5.74, 6) is -0.135. The number of urea groups is 1. The Hall–Kier alpha value is -2.08. The van der Waals surface area contributed by atoms with E-state index in [0.717, 1.165) is 5.56 Å². The molecule has 0 saturated heterocycles. The number of primary amides is 1. The van der Waals surface area contributed by atoms with E-state index in [1.165, 1.54) is 6.92 Å². The summed E-state index contributed by atoms with van der Waals surface area (Å²) >= 11 is 0. The Morgan fingerprint density at radius 1 is 1.37 bits per heavy atom. The summed E-state index contributed by atoms with van der Waals surface area (Å²) in [6.45, 7) is 3.39. The van der Waals surface area contributed by atoms with Crippen molar-refractivity contribution in [3.8, 4) is 5.75 Å². The van der Waals surface area contributed by atoms with Crippen LogP contribution in [0.1, 0.15) is 31.9 Å². The lowest BCUT2D eigenvalue weighted by molar-refractivity contribution is -0.126. The Bertz CT molecular complexity index is 444. The van der Waals surface area contributed by atoms with Gasteiger partial charge in [0.05, 0.1) is 6.10 Å². The van der Waals surface area contributed by atoms with Crippen LogP contribution < -0.4 is 15.8 Å². The topological polar surface area (TPSA) is 102 Å². The average Bonchev–Trinajstić information content (AvgIpc) is 2.37.